The molecule has 0 fully saturated rings. The van der Waals surface area contributed by atoms with E-state index in [-0.39, 0.29) is 35.7 Å². The molecule has 0 radical (unpaired) electrons. The van der Waals surface area contributed by atoms with Crippen molar-refractivity contribution in [2.24, 2.45) is 5.84 Å². The number of nitrogens with one attached hydrogen (secondary N) is 7. The number of aromatic amines is 1. The third-order valence-corrected chi connectivity index (χ3v) is 3.79. The SMILES string of the molecule is NNc1nc(N)n(-c2nnc(Nc3nc(NNC(=O)NCCCCCNC=O)n[nH]3)nn2)n1. The molecule has 0 aliphatic carbocycles. The fourth-order valence-electron chi connectivity index (χ4n) is 2.32. The van der Waals surface area contributed by atoms with Crippen LogP contribution in [0.15, 0.2) is 0 Å². The van der Waals surface area contributed by atoms with Gasteiger partial charge in [0.05, 0.1) is 0 Å². The minimum Gasteiger partial charge on any atom is -0.368 e. The molecule has 0 unspecified atom stereocenters. The summed E-state index contributed by atoms with van der Waals surface area (Å²) in [5, 5.41) is 33.7. The van der Waals surface area contributed by atoms with Crippen molar-refractivity contribution in [3.05, 3.63) is 0 Å². The highest BCUT2D eigenvalue weighted by Crippen LogP contribution is 2.10. The van der Waals surface area contributed by atoms with Crippen LogP contribution in [0.1, 0.15) is 19.3 Å². The Morgan fingerprint density at radius 1 is 1.03 bits per heavy atom. The lowest BCUT2D eigenvalue weighted by atomic mass is 10.2. The molecule has 3 rings (SSSR count). The van der Waals surface area contributed by atoms with Gasteiger partial charge in [0.25, 0.3) is 23.8 Å². The number of urea groups is 1. The summed E-state index contributed by atoms with van der Waals surface area (Å²) in [7, 11) is 0. The van der Waals surface area contributed by atoms with Crippen molar-refractivity contribution in [1.29, 1.82) is 0 Å². The fraction of sp³-hybridized carbons (Fsp3) is 0.385. The minimum absolute atomic E-state index is 0.00588. The topological polar surface area (TPSA) is 282 Å². The van der Waals surface area contributed by atoms with Crippen LogP contribution in [0.25, 0.3) is 5.95 Å². The van der Waals surface area contributed by atoms with Gasteiger partial charge in [-0.15, -0.1) is 30.6 Å². The van der Waals surface area contributed by atoms with Gasteiger partial charge in [-0.25, -0.2) is 21.2 Å². The average Bonchev–Trinajstić information content (AvgIpc) is 3.43. The van der Waals surface area contributed by atoms with E-state index in [9.17, 15) is 9.59 Å². The number of aromatic nitrogens is 10. The van der Waals surface area contributed by atoms with Crippen molar-refractivity contribution < 1.29 is 9.59 Å². The number of unbranched alkanes of at least 4 members (excludes halogenated alkanes) is 2. The fourth-order valence-corrected chi connectivity index (χ4v) is 2.32. The standard InChI is InChI=1S/C13H22N18O2/c14-7-18-9(21-15)30-31(7)12-27-24-11(25-28-12)20-8-19-10(23-22-8)26-29-13(33)17-5-3-1-2-4-16-6-32/h6H,1-5,15H2,(H,16,32)(H2,17,29,33)(H3,14,18,21,30)(H3,19,20,22,23,24,25,26). The Morgan fingerprint density at radius 3 is 2.55 bits per heavy atom. The predicted octanol–water partition coefficient (Wildman–Crippen LogP) is -2.88. The lowest BCUT2D eigenvalue weighted by Crippen LogP contribution is -2.39. The summed E-state index contributed by atoms with van der Waals surface area (Å²) in [6.45, 7) is 1.09. The van der Waals surface area contributed by atoms with E-state index in [4.69, 9.17) is 11.6 Å². The number of nitrogens with zero attached hydrogens (tertiary/aromatic N) is 9. The first-order valence-corrected chi connectivity index (χ1v) is 9.52. The zero-order chi connectivity index (χ0) is 23.5. The number of nitrogen functional groups attached to an aromatic ring is 2. The highest BCUT2D eigenvalue weighted by molar-refractivity contribution is 5.74. The van der Waals surface area contributed by atoms with Crippen molar-refractivity contribution >= 4 is 42.2 Å². The number of H-pyrrole nitrogens is 1. The number of hydrogen-bond acceptors (Lipinski definition) is 15. The molecular formula is C13H22N18O2. The van der Waals surface area contributed by atoms with Crippen molar-refractivity contribution in [1.82, 2.24) is 66.4 Å². The summed E-state index contributed by atoms with van der Waals surface area (Å²) in [5.41, 5.74) is 12.9. The molecule has 176 valence electrons. The van der Waals surface area contributed by atoms with Gasteiger partial charge < -0.3 is 16.4 Å². The van der Waals surface area contributed by atoms with Gasteiger partial charge in [0.2, 0.25) is 18.3 Å². The Hall–Kier alpha value is -4.88. The number of carbonyl (C=O) groups is 2. The van der Waals surface area contributed by atoms with Crippen LogP contribution in [0.2, 0.25) is 0 Å². The number of nitrogens with two attached hydrogens (primary N) is 2. The smallest absolute Gasteiger partial charge is 0.333 e. The third kappa shape index (κ3) is 6.81. The summed E-state index contributed by atoms with van der Waals surface area (Å²) >= 11 is 0. The normalized spacial score (nSPS) is 10.3. The van der Waals surface area contributed by atoms with Crippen molar-refractivity contribution in [2.75, 3.05) is 35.0 Å². The summed E-state index contributed by atoms with van der Waals surface area (Å²) in [6, 6.07) is -0.451. The van der Waals surface area contributed by atoms with E-state index in [1.807, 2.05) is 0 Å². The van der Waals surface area contributed by atoms with Crippen LogP contribution in [0, 0.1) is 0 Å². The van der Waals surface area contributed by atoms with E-state index in [0.717, 1.165) is 23.9 Å². The highest BCUT2D eigenvalue weighted by atomic mass is 16.2. The molecular weight excluding hydrogens is 440 g/mol. The van der Waals surface area contributed by atoms with Crippen LogP contribution in [0.5, 0.6) is 0 Å². The maximum atomic E-state index is 11.8. The van der Waals surface area contributed by atoms with Crippen molar-refractivity contribution in [2.45, 2.75) is 19.3 Å². The van der Waals surface area contributed by atoms with Crippen LogP contribution in [-0.2, 0) is 4.79 Å². The molecule has 3 aromatic heterocycles. The van der Waals surface area contributed by atoms with Crippen LogP contribution in [0.4, 0.5) is 34.5 Å². The molecule has 3 heterocycles. The second kappa shape index (κ2) is 11.5. The first-order chi connectivity index (χ1) is 16.1. The van der Waals surface area contributed by atoms with Gasteiger partial charge in [-0.05, 0) is 19.3 Å². The number of anilines is 5. The Balaban J connectivity index is 1.41. The zero-order valence-electron chi connectivity index (χ0n) is 17.1. The van der Waals surface area contributed by atoms with Crippen LogP contribution in [-0.4, -0.2) is 75.9 Å². The number of rotatable bonds is 13. The van der Waals surface area contributed by atoms with Gasteiger partial charge >= 0.3 is 6.03 Å². The van der Waals surface area contributed by atoms with Crippen molar-refractivity contribution in [3.8, 4) is 5.95 Å². The second-order valence-corrected chi connectivity index (χ2v) is 6.14. The molecule has 0 spiro atoms. The van der Waals surface area contributed by atoms with E-state index in [1.165, 1.54) is 0 Å². The largest absolute Gasteiger partial charge is 0.368 e. The lowest BCUT2D eigenvalue weighted by Gasteiger charge is -2.07. The number of carbonyl (C=O) groups excluding carboxylic acids is 2. The van der Waals surface area contributed by atoms with Crippen LogP contribution >= 0.6 is 0 Å². The lowest BCUT2D eigenvalue weighted by molar-refractivity contribution is -0.109. The number of amides is 3. The highest BCUT2D eigenvalue weighted by Gasteiger charge is 2.13. The van der Waals surface area contributed by atoms with Gasteiger partial charge in [-0.3, -0.25) is 21.0 Å². The molecule has 0 saturated carbocycles. The molecule has 0 saturated heterocycles. The molecule has 0 bridgehead atoms. The third-order valence-electron chi connectivity index (χ3n) is 3.79. The molecule has 3 amide bonds. The first-order valence-electron chi connectivity index (χ1n) is 9.52. The zero-order valence-corrected chi connectivity index (χ0v) is 17.1. The van der Waals surface area contributed by atoms with Gasteiger partial charge in [-0.2, -0.15) is 14.6 Å². The molecule has 11 N–H and O–H groups in total. The van der Waals surface area contributed by atoms with E-state index < -0.39 is 6.03 Å². The van der Waals surface area contributed by atoms with E-state index >= 15 is 0 Å². The molecule has 0 aromatic carbocycles. The maximum absolute atomic E-state index is 11.8. The first kappa shape index (κ1) is 22.8. The summed E-state index contributed by atoms with van der Waals surface area (Å²) in [5.74, 6) is 5.51. The minimum atomic E-state index is -0.451. The maximum Gasteiger partial charge on any atom is 0.333 e. The van der Waals surface area contributed by atoms with E-state index in [1.54, 1.807) is 0 Å². The molecule has 33 heavy (non-hydrogen) atoms. The molecule has 0 atom stereocenters. The molecule has 20 heteroatoms. The van der Waals surface area contributed by atoms with Crippen LogP contribution in [0.3, 0.4) is 0 Å². The Kier molecular flexibility index (Phi) is 7.94. The monoisotopic (exact) mass is 462 g/mol. The predicted molar refractivity (Wildman–Crippen MR) is 113 cm³/mol. The van der Waals surface area contributed by atoms with Crippen LogP contribution < -0.4 is 43.8 Å². The van der Waals surface area contributed by atoms with Gasteiger partial charge in [0.1, 0.15) is 0 Å². The molecule has 0 aliphatic heterocycles. The van der Waals surface area contributed by atoms with E-state index in [0.29, 0.717) is 19.5 Å². The Labute approximate surface area is 185 Å². The number of hydrazine groups is 2. The molecule has 20 nitrogen and oxygen atoms in total. The second-order valence-electron chi connectivity index (χ2n) is 6.14. The molecule has 0 aliphatic rings. The summed E-state index contributed by atoms with van der Waals surface area (Å²) in [6.07, 6.45) is 3.14. The number of hydrogen-bond donors (Lipinski definition) is 9. The van der Waals surface area contributed by atoms with Gasteiger partial charge in [0.15, 0.2) is 0 Å². The Morgan fingerprint density at radius 2 is 1.82 bits per heavy atom. The quantitative estimate of drug-likeness (QED) is 0.0533. The average molecular weight is 462 g/mol. The van der Waals surface area contributed by atoms with E-state index in [2.05, 4.69) is 77.9 Å². The summed E-state index contributed by atoms with van der Waals surface area (Å²) in [4.78, 5) is 29.8. The Bertz CT molecular complexity index is 1030. The van der Waals surface area contributed by atoms with Crippen molar-refractivity contribution in [3.63, 3.8) is 0 Å². The van der Waals surface area contributed by atoms with Gasteiger partial charge in [0, 0.05) is 13.1 Å². The molecule has 3 aromatic rings. The van der Waals surface area contributed by atoms with Gasteiger partial charge in [-0.1, -0.05) is 0 Å². The summed E-state index contributed by atoms with van der Waals surface area (Å²) < 4.78 is 1.09.